The van der Waals surface area contributed by atoms with Crippen molar-refractivity contribution in [1.29, 1.82) is 0 Å². The third kappa shape index (κ3) is 8.62. The van der Waals surface area contributed by atoms with Crippen LogP contribution in [0.2, 0.25) is 0 Å². The zero-order chi connectivity index (χ0) is 38.8. The van der Waals surface area contributed by atoms with Gasteiger partial charge in [-0.3, -0.25) is 0 Å². The number of nitrogens with zero attached hydrogens (tertiary/aromatic N) is 4. The molecule has 274 valence electrons. The van der Waals surface area contributed by atoms with Gasteiger partial charge >= 0.3 is 19.5 Å². The van der Waals surface area contributed by atoms with Gasteiger partial charge in [-0.2, -0.15) is 0 Å². The van der Waals surface area contributed by atoms with Crippen LogP contribution in [0.15, 0.2) is 133 Å². The normalized spacial score (nSPS) is 11.9. The molecule has 0 atom stereocenters. The summed E-state index contributed by atoms with van der Waals surface area (Å²) in [6, 6.07) is 33.2. The summed E-state index contributed by atoms with van der Waals surface area (Å²) in [4.78, 5) is 21.5. The zero-order valence-electron chi connectivity index (χ0n) is 29.1. The smallest absolute Gasteiger partial charge is 0.657 e. The summed E-state index contributed by atoms with van der Waals surface area (Å²) >= 11 is 29.9. The largest absolute Gasteiger partial charge is 2.00 e. The van der Waals surface area contributed by atoms with Crippen molar-refractivity contribution in [2.24, 2.45) is 0 Å². The van der Waals surface area contributed by atoms with E-state index in [9.17, 15) is 0 Å². The van der Waals surface area contributed by atoms with E-state index < -0.39 is 0 Å². The SMILES string of the molecule is Brc1cc(Br)cc(-c2c3nc(c(-c4cc(Br)cc(Br)c4)c4ccc([n-]4)c(-c4cc(Br)cc(Br)c4)c4nc(c(-c5cc(Br)cc(Br)c5)c5ccc2[n-]5)C=C4)C=C3)c1.[Zn+2]. The molecule has 3 aromatic heterocycles. The maximum absolute atomic E-state index is 5.39. The maximum atomic E-state index is 5.39. The fourth-order valence-electron chi connectivity index (χ4n) is 7.06. The van der Waals surface area contributed by atoms with Crippen LogP contribution in [0.5, 0.6) is 0 Å². The van der Waals surface area contributed by atoms with Crippen molar-refractivity contribution >= 4 is 174 Å². The molecular weight excluding hydrogens is 1290 g/mol. The second-order valence-corrected chi connectivity index (χ2v) is 20.3. The molecule has 0 fully saturated rings. The monoisotopic (exact) mass is 1300 g/mol. The minimum absolute atomic E-state index is 0. The van der Waals surface area contributed by atoms with E-state index >= 15 is 0 Å². The van der Waals surface area contributed by atoms with Crippen LogP contribution in [0.4, 0.5) is 0 Å². The van der Waals surface area contributed by atoms with Crippen LogP contribution in [-0.4, -0.2) is 9.97 Å². The van der Waals surface area contributed by atoms with E-state index in [4.69, 9.17) is 19.9 Å². The van der Waals surface area contributed by atoms with Gasteiger partial charge in [0, 0.05) is 35.8 Å². The van der Waals surface area contributed by atoms with Gasteiger partial charge in [-0.05, 0) is 142 Å². The van der Waals surface area contributed by atoms with Gasteiger partial charge < -0.3 is 9.97 Å². The Morgan fingerprint density at radius 3 is 0.684 bits per heavy atom. The Bertz CT molecular complexity index is 2560. The third-order valence-electron chi connectivity index (χ3n) is 9.21. The van der Waals surface area contributed by atoms with Gasteiger partial charge in [-0.1, -0.05) is 152 Å². The topological polar surface area (TPSA) is 54.0 Å². The van der Waals surface area contributed by atoms with E-state index in [1.807, 2.05) is 24.3 Å². The van der Waals surface area contributed by atoms with E-state index in [1.54, 1.807) is 0 Å². The van der Waals surface area contributed by atoms with Crippen molar-refractivity contribution in [2.75, 3.05) is 0 Å². The van der Waals surface area contributed by atoms with Gasteiger partial charge in [0.05, 0.1) is 22.8 Å². The standard InChI is InChI=1S/C44H20Br8N4.Zn/c45-25-9-21(10-26(46)17-25)41-33-1-2-34(53-33)42(22-11-27(47)18-28(48)12-22)36-5-6-38(55-36)44(24-15-31(51)20-32(52)16-24)40-8-7-39(56-40)43(37-4-3-35(41)54-37)23-13-29(49)19-30(50)14-23;/h1-20H;/q-2;+2. The molecule has 57 heavy (non-hydrogen) atoms. The predicted molar refractivity (Wildman–Crippen MR) is 260 cm³/mol. The number of hydrogen-bond donors (Lipinski definition) is 0. The Hall–Kier alpha value is -2.06. The molecular formula is C44H20Br8N4Zn. The molecule has 9 rings (SSSR count). The second kappa shape index (κ2) is 17.1. The average Bonchev–Trinajstić information content (AvgIpc) is 3.94. The molecule has 7 aromatic rings. The molecule has 4 nitrogen and oxygen atoms in total. The summed E-state index contributed by atoms with van der Waals surface area (Å²) in [6.45, 7) is 0. The molecule has 0 saturated carbocycles. The van der Waals surface area contributed by atoms with Crippen molar-refractivity contribution in [3.8, 4) is 44.5 Å². The molecule has 0 radical (unpaired) electrons. The first-order valence-electron chi connectivity index (χ1n) is 16.9. The van der Waals surface area contributed by atoms with Gasteiger partial charge in [0.1, 0.15) is 0 Å². The van der Waals surface area contributed by atoms with E-state index in [0.717, 1.165) is 125 Å². The summed E-state index contributed by atoms with van der Waals surface area (Å²) in [5.41, 5.74) is 13.7. The Kier molecular flexibility index (Phi) is 12.5. The van der Waals surface area contributed by atoms with Crippen molar-refractivity contribution in [2.45, 2.75) is 0 Å². The second-order valence-electron chi connectivity index (χ2n) is 13.0. The maximum Gasteiger partial charge on any atom is 2.00 e. The number of rotatable bonds is 4. The molecule has 0 spiro atoms. The predicted octanol–water partition coefficient (Wildman–Crippen LogP) is 16.7. The molecule has 5 heterocycles. The van der Waals surface area contributed by atoms with E-state index in [2.05, 4.69) is 225 Å². The van der Waals surface area contributed by atoms with Crippen molar-refractivity contribution in [1.82, 2.24) is 19.9 Å². The molecule has 13 heteroatoms. The third-order valence-corrected chi connectivity index (χ3v) is 12.9. The van der Waals surface area contributed by atoms with Gasteiger partial charge in [-0.25, -0.2) is 9.97 Å². The van der Waals surface area contributed by atoms with Crippen molar-refractivity contribution in [3.05, 3.63) is 156 Å². The fraction of sp³-hybridized carbons (Fsp3) is 0. The molecule has 0 N–H and O–H groups in total. The summed E-state index contributed by atoms with van der Waals surface area (Å²) < 4.78 is 7.47. The first-order valence-corrected chi connectivity index (χ1v) is 23.2. The van der Waals surface area contributed by atoms with Crippen LogP contribution in [0.1, 0.15) is 22.8 Å². The summed E-state index contributed by atoms with van der Waals surface area (Å²) in [5, 5.41) is 0. The molecule has 0 unspecified atom stereocenters. The van der Waals surface area contributed by atoms with Crippen LogP contribution < -0.4 is 9.97 Å². The molecule has 0 saturated heterocycles. The van der Waals surface area contributed by atoms with Gasteiger partial charge in [0.25, 0.3) is 0 Å². The Morgan fingerprint density at radius 1 is 0.298 bits per heavy atom. The van der Waals surface area contributed by atoms with Gasteiger partial charge in [0.15, 0.2) is 0 Å². The first kappa shape index (κ1) is 41.7. The zero-order valence-corrected chi connectivity index (χ0v) is 44.7. The van der Waals surface area contributed by atoms with Crippen LogP contribution >= 0.6 is 127 Å². The van der Waals surface area contributed by atoms with Crippen LogP contribution in [0.25, 0.3) is 90.9 Å². The number of hydrogen-bond acceptors (Lipinski definition) is 2. The number of aromatic nitrogens is 4. The summed E-state index contributed by atoms with van der Waals surface area (Å²) in [7, 11) is 0. The fourth-order valence-corrected chi connectivity index (χ4v) is 12.2. The minimum Gasteiger partial charge on any atom is -0.657 e. The van der Waals surface area contributed by atoms with Crippen LogP contribution in [0, 0.1) is 0 Å². The van der Waals surface area contributed by atoms with Crippen LogP contribution in [-0.2, 0) is 19.5 Å². The summed E-state index contributed by atoms with van der Waals surface area (Å²) in [6.07, 6.45) is 8.28. The minimum atomic E-state index is 0. The molecule has 0 amide bonds. The van der Waals surface area contributed by atoms with Crippen molar-refractivity contribution < 1.29 is 19.5 Å². The molecule has 2 aliphatic rings. The molecule has 0 aliphatic carbocycles. The van der Waals surface area contributed by atoms with E-state index in [0.29, 0.717) is 0 Å². The van der Waals surface area contributed by atoms with Crippen LogP contribution in [0.3, 0.4) is 0 Å². The Labute approximate surface area is 408 Å². The van der Waals surface area contributed by atoms with E-state index in [-0.39, 0.29) is 19.5 Å². The Morgan fingerprint density at radius 2 is 0.491 bits per heavy atom. The first-order chi connectivity index (χ1) is 26.9. The number of benzene rings is 4. The molecule has 4 aromatic carbocycles. The number of fused-ring (bicyclic) bond motifs is 8. The molecule has 2 aliphatic heterocycles. The van der Waals surface area contributed by atoms with Crippen molar-refractivity contribution in [3.63, 3.8) is 0 Å². The number of halogens is 8. The summed E-state index contributed by atoms with van der Waals surface area (Å²) in [5.74, 6) is 0. The molecule has 8 bridgehead atoms. The van der Waals surface area contributed by atoms with E-state index in [1.165, 1.54) is 0 Å². The van der Waals surface area contributed by atoms with Gasteiger partial charge in [-0.15, -0.1) is 22.1 Å². The average molecular weight is 1310 g/mol. The Balaban J connectivity index is 0.00000455. The van der Waals surface area contributed by atoms with Gasteiger partial charge in [0.2, 0.25) is 0 Å². The quantitative estimate of drug-likeness (QED) is 0.165.